The van der Waals surface area contributed by atoms with Crippen molar-refractivity contribution in [3.63, 3.8) is 0 Å². The van der Waals surface area contributed by atoms with Crippen LogP contribution in [0.2, 0.25) is 0 Å². The molecule has 0 aliphatic carbocycles. The minimum atomic E-state index is -4.59. The molecule has 8 bridgehead atoms. The number of H-pyrrole nitrogens is 2. The number of alkyl halides is 6. The predicted octanol–water partition coefficient (Wildman–Crippen LogP) is 25.0. The Morgan fingerprint density at radius 1 is 0.347 bits per heavy atom. The van der Waals surface area contributed by atoms with E-state index in [9.17, 15) is 26.3 Å². The first-order valence-corrected chi connectivity index (χ1v) is 46.6. The SMILES string of the molecule is CCCCC(CC)CN1C(=O)C2=C(c3ccc(C#Cc4c5nc(c(C#Cc6ccc(C(F)(F)F)cc6)c6ccc([nH]6)c(C#Cc6ccc(C7=C8C(=O)N(CC(CC)CCCC)C(c9cccs9)=C8C(=O)N7CC(CC)CCCC)s6)c6nc(c(C#Cc7ccc(C(F)(F)F)cc7)c7ccc4[nH]7)C=C6)C=C5)s3)N(CC(CC)CCCC)C(=O)C2=C1c1cccs1. The average Bonchev–Trinajstić information content (AvgIpc) is 1.56. The Labute approximate surface area is 736 Å². The number of thiophene rings is 4. The summed E-state index contributed by atoms with van der Waals surface area (Å²) in [5.41, 5.74) is 8.08. The minimum Gasteiger partial charge on any atom is -0.353 e. The van der Waals surface area contributed by atoms with Crippen LogP contribution in [0, 0.1) is 71.0 Å². The van der Waals surface area contributed by atoms with E-state index >= 15 is 19.2 Å². The molecule has 124 heavy (non-hydrogen) atoms. The zero-order valence-electron chi connectivity index (χ0n) is 70.7. The first kappa shape index (κ1) is 87.4. The van der Waals surface area contributed by atoms with Gasteiger partial charge in [-0.1, -0.05) is 192 Å². The van der Waals surface area contributed by atoms with Crippen LogP contribution in [0.5, 0.6) is 0 Å². The Morgan fingerprint density at radius 2 is 0.629 bits per heavy atom. The molecule has 4 amide bonds. The fourth-order valence-electron chi connectivity index (χ4n) is 16.8. The number of carbonyl (C=O) groups is 4. The number of aromatic nitrogens is 4. The topological polar surface area (TPSA) is 139 Å². The van der Waals surface area contributed by atoms with Crippen molar-refractivity contribution in [1.82, 2.24) is 39.5 Å². The van der Waals surface area contributed by atoms with Gasteiger partial charge in [0, 0.05) is 37.3 Å². The van der Waals surface area contributed by atoms with Gasteiger partial charge in [-0.3, -0.25) is 19.2 Å². The molecular weight excluding hydrogens is 1640 g/mol. The van der Waals surface area contributed by atoms with Crippen LogP contribution in [0.3, 0.4) is 0 Å². The molecule has 0 spiro atoms. The van der Waals surface area contributed by atoms with Gasteiger partial charge < -0.3 is 29.6 Å². The maximum absolute atomic E-state index is 15.5. The number of nitrogens with one attached hydrogen (secondary N) is 2. The van der Waals surface area contributed by atoms with E-state index in [4.69, 9.17) is 9.97 Å². The second-order valence-corrected chi connectivity index (χ2v) is 36.2. The van der Waals surface area contributed by atoms with E-state index in [1.54, 1.807) is 24.3 Å². The molecule has 0 radical (unpaired) electrons. The third kappa shape index (κ3) is 18.4. The molecule has 0 saturated heterocycles. The van der Waals surface area contributed by atoms with E-state index in [2.05, 4.69) is 113 Å². The Morgan fingerprint density at radius 3 is 0.887 bits per heavy atom. The first-order valence-electron chi connectivity index (χ1n) is 43.2. The van der Waals surface area contributed by atoms with E-state index < -0.39 is 23.5 Å². The van der Waals surface area contributed by atoms with Crippen LogP contribution in [0.4, 0.5) is 26.3 Å². The molecule has 9 aromatic rings. The molecule has 4 atom stereocenters. The lowest BCUT2D eigenvalue weighted by Crippen LogP contribution is -2.34. The van der Waals surface area contributed by atoms with E-state index in [1.165, 1.54) is 69.6 Å². The Hall–Kier alpha value is -11.5. The van der Waals surface area contributed by atoms with Crippen molar-refractivity contribution in [1.29, 1.82) is 0 Å². The Kier molecular flexibility index (Phi) is 27.0. The van der Waals surface area contributed by atoms with Gasteiger partial charge in [0.15, 0.2) is 0 Å². The highest BCUT2D eigenvalue weighted by molar-refractivity contribution is 7.14. The van der Waals surface area contributed by atoms with Crippen molar-refractivity contribution >= 4 is 138 Å². The number of hydrogen-bond donors (Lipinski definition) is 2. The molecule has 15 rings (SSSR count). The Balaban J connectivity index is 0.908. The number of fused-ring (bicyclic) bond motifs is 10. The number of aromatic amines is 2. The molecule has 12 nitrogen and oxygen atoms in total. The van der Waals surface area contributed by atoms with Gasteiger partial charge in [0.25, 0.3) is 23.6 Å². The van der Waals surface area contributed by atoms with Crippen molar-refractivity contribution in [3.8, 4) is 47.4 Å². The highest BCUT2D eigenvalue weighted by Crippen LogP contribution is 2.52. The highest BCUT2D eigenvalue weighted by Gasteiger charge is 2.52. The lowest BCUT2D eigenvalue weighted by atomic mass is 9.98. The highest BCUT2D eigenvalue weighted by atomic mass is 32.1. The monoisotopic (exact) mass is 1740 g/mol. The number of nitrogens with zero attached hydrogens (tertiary/aromatic N) is 6. The molecule has 7 aromatic heterocycles. The second kappa shape index (κ2) is 38.3. The molecule has 634 valence electrons. The van der Waals surface area contributed by atoms with Crippen LogP contribution >= 0.6 is 45.3 Å². The minimum absolute atomic E-state index is 0.162. The lowest BCUT2D eigenvalue weighted by molar-refractivity contribution is -0.138. The smallest absolute Gasteiger partial charge is 0.353 e. The summed E-state index contributed by atoms with van der Waals surface area (Å²) in [5, 5.41) is 3.96. The van der Waals surface area contributed by atoms with E-state index in [0.29, 0.717) is 169 Å². The summed E-state index contributed by atoms with van der Waals surface area (Å²) in [7, 11) is 0. The quantitative estimate of drug-likeness (QED) is 0.0370. The number of amides is 4. The van der Waals surface area contributed by atoms with Crippen molar-refractivity contribution in [3.05, 3.63) is 251 Å². The van der Waals surface area contributed by atoms with E-state index in [1.807, 2.05) is 103 Å². The molecule has 2 N–H and O–H groups in total. The number of hydrogen-bond acceptors (Lipinski definition) is 10. The summed E-state index contributed by atoms with van der Waals surface area (Å²) in [6.45, 7) is 19.1. The van der Waals surface area contributed by atoms with Crippen molar-refractivity contribution in [2.24, 2.45) is 23.7 Å². The lowest BCUT2D eigenvalue weighted by Gasteiger charge is -2.29. The van der Waals surface area contributed by atoms with Gasteiger partial charge in [0.05, 0.1) is 153 Å². The summed E-state index contributed by atoms with van der Waals surface area (Å²) in [4.78, 5) is 91.7. The largest absolute Gasteiger partial charge is 0.416 e. The average molecular weight is 1740 g/mol. The van der Waals surface area contributed by atoms with Gasteiger partial charge in [-0.15, -0.1) is 45.3 Å². The Bertz CT molecular complexity index is 5890. The number of halogens is 6. The number of benzene rings is 2. The third-order valence-corrected chi connectivity index (χ3v) is 27.7. The van der Waals surface area contributed by atoms with Gasteiger partial charge in [-0.05, 0) is 194 Å². The zero-order chi connectivity index (χ0) is 87.1. The summed E-state index contributed by atoms with van der Waals surface area (Å²) >= 11 is 5.78. The third-order valence-electron chi connectivity index (χ3n) is 24.0. The first-order chi connectivity index (χ1) is 60.0. The predicted molar refractivity (Wildman–Crippen MR) is 491 cm³/mol. The van der Waals surface area contributed by atoms with Crippen molar-refractivity contribution in [2.45, 2.75) is 170 Å². The van der Waals surface area contributed by atoms with Crippen LogP contribution < -0.4 is 0 Å². The van der Waals surface area contributed by atoms with Gasteiger partial charge >= 0.3 is 12.4 Å². The molecule has 13 heterocycles. The number of carbonyl (C=O) groups excluding carboxylic acids is 4. The summed E-state index contributed by atoms with van der Waals surface area (Å²) in [5.74, 6) is 26.7. The van der Waals surface area contributed by atoms with E-state index in [-0.39, 0.29) is 47.3 Å². The molecule has 6 aliphatic heterocycles. The fraction of sp³-hybridized carbons (Fsp3) is 0.333. The summed E-state index contributed by atoms with van der Waals surface area (Å²) < 4.78 is 84.3. The standard InChI is InChI=1S/C102H96F6N8O4S4/c1-9-17-23-63(13-5)59-113-93(85-27-21-57-121-85)89-91(99(113)119)95(115(97(89)117)61-65(15-7)25-19-11-3)87-55-41-71(123-87)39-45-75-81-51-47-77(109-81)73(43-33-67-29-35-69(36-30-67)101(103,104)105)79-49-53-83(111-79)76(84-54-50-80(112-84)74(78-48-52-82(75)110-78)44-34-68-31-37-70(38-32-68)102(106,107)108)46-40-72-42-56-88(124-72)96-92-90(98(118)116(96)62-66(16-8)26-20-12-4)94(86-28-22-58-122-86)114(100(92)120)60-64(14-6)24-18-10-2/h21-22,27-32,35-38,41-42,47-58,63-66,109,112H,9-20,23-26,59-62H2,1-8H3. The molecule has 0 fully saturated rings. The molecule has 2 aromatic carbocycles. The van der Waals surface area contributed by atoms with Gasteiger partial charge in [-0.25, -0.2) is 9.97 Å². The normalized spacial score (nSPS) is 15.4. The number of rotatable bonds is 28. The van der Waals surface area contributed by atoms with Gasteiger partial charge in [0.1, 0.15) is 0 Å². The maximum atomic E-state index is 15.5. The molecule has 22 heteroatoms. The molecular formula is C102H96F6N8O4S4. The van der Waals surface area contributed by atoms with Crippen LogP contribution in [0.25, 0.3) is 69.2 Å². The second-order valence-electron chi connectivity index (χ2n) is 32.2. The molecule has 4 unspecified atom stereocenters. The van der Waals surface area contributed by atoms with E-state index in [0.717, 1.165) is 137 Å². The fourth-order valence-corrected chi connectivity index (χ4v) is 20.3. The zero-order valence-corrected chi connectivity index (χ0v) is 73.9. The van der Waals surface area contributed by atoms with Gasteiger partial charge in [-0.2, -0.15) is 26.3 Å². The molecule has 6 aliphatic rings. The van der Waals surface area contributed by atoms with Crippen LogP contribution in [0.1, 0.15) is 255 Å². The van der Waals surface area contributed by atoms with Crippen LogP contribution in [-0.4, -0.2) is 89.3 Å². The van der Waals surface area contributed by atoms with Crippen LogP contribution in [0.15, 0.2) is 154 Å². The maximum Gasteiger partial charge on any atom is 0.416 e. The summed E-state index contributed by atoms with van der Waals surface area (Å²) in [6.07, 6.45) is 13.2. The van der Waals surface area contributed by atoms with Crippen LogP contribution in [-0.2, 0) is 31.5 Å². The summed E-state index contributed by atoms with van der Waals surface area (Å²) in [6, 6.07) is 32.1. The van der Waals surface area contributed by atoms with Crippen molar-refractivity contribution < 1.29 is 45.5 Å². The van der Waals surface area contributed by atoms with Crippen molar-refractivity contribution in [2.75, 3.05) is 26.2 Å². The van der Waals surface area contributed by atoms with Gasteiger partial charge in [0.2, 0.25) is 0 Å². The molecule has 0 saturated carbocycles. The number of unbranched alkanes of at least 4 members (excludes halogenated alkanes) is 4.